The van der Waals surface area contributed by atoms with E-state index in [1.54, 1.807) is 0 Å². The van der Waals surface area contributed by atoms with Gasteiger partial charge in [0.2, 0.25) is 0 Å². The number of aryl methyl sites for hydroxylation is 1. The maximum Gasteiger partial charge on any atom is 0.159 e. The van der Waals surface area contributed by atoms with Gasteiger partial charge in [-0.2, -0.15) is 0 Å². The Balaban J connectivity index is 1.96. The molecule has 4 rings (SSSR count). The highest BCUT2D eigenvalue weighted by Gasteiger charge is 2.14. The number of benzene rings is 2. The molecule has 0 saturated carbocycles. The first-order valence-electron chi connectivity index (χ1n) is 7.23. The Labute approximate surface area is 128 Å². The van der Waals surface area contributed by atoms with Crippen LogP contribution < -0.4 is 4.90 Å². The minimum absolute atomic E-state index is 0.911. The second-order valence-electron chi connectivity index (χ2n) is 5.42. The fourth-order valence-electron chi connectivity index (χ4n) is 2.94. The lowest BCUT2D eigenvalue weighted by Crippen LogP contribution is -2.13. The monoisotopic (exact) mass is 288 g/mol. The Kier molecular flexibility index (Phi) is 2.82. The topological polar surface area (TPSA) is 34.0 Å². The third-order valence-corrected chi connectivity index (χ3v) is 4.05. The molecule has 0 N–H and O–H groups in total. The first-order valence-corrected chi connectivity index (χ1v) is 7.23. The molecule has 4 aromatic rings. The fraction of sp³-hybridized carbons (Fsp3) is 0.111. The maximum atomic E-state index is 4.59. The van der Waals surface area contributed by atoms with Gasteiger partial charge in [-0.15, -0.1) is 0 Å². The molecule has 4 heteroatoms. The number of nitrogens with zero attached hydrogens (tertiary/aromatic N) is 4. The van der Waals surface area contributed by atoms with Crippen molar-refractivity contribution in [3.05, 3.63) is 61.1 Å². The van der Waals surface area contributed by atoms with Crippen LogP contribution in [0.25, 0.3) is 21.8 Å². The lowest BCUT2D eigenvalue weighted by atomic mass is 10.1. The number of pyridine rings is 1. The molecular weight excluding hydrogens is 272 g/mol. The lowest BCUT2D eigenvalue weighted by Gasteiger charge is -2.21. The average Bonchev–Trinajstić information content (AvgIpc) is 2.95. The van der Waals surface area contributed by atoms with Gasteiger partial charge in [-0.1, -0.05) is 36.4 Å². The highest BCUT2D eigenvalue weighted by Crippen LogP contribution is 2.33. The first kappa shape index (κ1) is 12.8. The van der Waals surface area contributed by atoms with Gasteiger partial charge in [-0.3, -0.25) is 0 Å². The molecule has 2 aromatic heterocycles. The lowest BCUT2D eigenvalue weighted by molar-refractivity contribution is 0.941. The van der Waals surface area contributed by atoms with E-state index in [-0.39, 0.29) is 0 Å². The van der Waals surface area contributed by atoms with Gasteiger partial charge in [0.05, 0.1) is 11.8 Å². The van der Waals surface area contributed by atoms with Crippen LogP contribution in [0.2, 0.25) is 0 Å². The molecule has 0 spiro atoms. The minimum atomic E-state index is 0.911. The summed E-state index contributed by atoms with van der Waals surface area (Å²) in [5.74, 6) is 0.911. The number of hydrogen-bond acceptors (Lipinski definition) is 3. The molecule has 0 unspecified atom stereocenters. The molecule has 2 aromatic carbocycles. The minimum Gasteiger partial charge on any atom is -0.331 e. The van der Waals surface area contributed by atoms with Crippen molar-refractivity contribution in [2.24, 2.45) is 7.05 Å². The van der Waals surface area contributed by atoms with Crippen molar-refractivity contribution in [2.45, 2.75) is 0 Å². The third-order valence-electron chi connectivity index (χ3n) is 4.05. The van der Waals surface area contributed by atoms with Crippen LogP contribution in [-0.2, 0) is 7.05 Å². The van der Waals surface area contributed by atoms with E-state index in [0.29, 0.717) is 0 Å². The first-order chi connectivity index (χ1) is 10.8. The van der Waals surface area contributed by atoms with E-state index in [1.165, 1.54) is 10.8 Å². The van der Waals surface area contributed by atoms with Crippen molar-refractivity contribution < 1.29 is 0 Å². The quantitative estimate of drug-likeness (QED) is 0.561. The van der Waals surface area contributed by atoms with Crippen molar-refractivity contribution in [3.8, 4) is 0 Å². The highest BCUT2D eigenvalue weighted by atomic mass is 15.2. The zero-order chi connectivity index (χ0) is 15.1. The van der Waals surface area contributed by atoms with Crippen LogP contribution in [0.4, 0.5) is 11.5 Å². The van der Waals surface area contributed by atoms with Gasteiger partial charge in [0.15, 0.2) is 5.82 Å². The normalized spacial score (nSPS) is 11.2. The van der Waals surface area contributed by atoms with Crippen LogP contribution in [-0.4, -0.2) is 21.6 Å². The van der Waals surface area contributed by atoms with E-state index < -0.39 is 0 Å². The third kappa shape index (κ3) is 1.84. The van der Waals surface area contributed by atoms with Gasteiger partial charge < -0.3 is 9.47 Å². The summed E-state index contributed by atoms with van der Waals surface area (Å²) in [4.78, 5) is 11.1. The maximum absolute atomic E-state index is 4.59. The van der Waals surface area contributed by atoms with Crippen LogP contribution >= 0.6 is 0 Å². The van der Waals surface area contributed by atoms with Crippen LogP contribution in [0.3, 0.4) is 0 Å². The zero-order valence-corrected chi connectivity index (χ0v) is 12.6. The molecule has 0 radical (unpaired) electrons. The summed E-state index contributed by atoms with van der Waals surface area (Å²) >= 11 is 0. The molecule has 0 aliphatic carbocycles. The Hall–Kier alpha value is -2.88. The molecule has 0 aliphatic heterocycles. The average molecular weight is 288 g/mol. The SMILES string of the molecule is CN(c1cccc2ccccc12)c1nccc2ncn(C)c12. The van der Waals surface area contributed by atoms with Gasteiger partial charge in [0.1, 0.15) is 5.52 Å². The molecule has 0 amide bonds. The number of imidazole rings is 1. The van der Waals surface area contributed by atoms with Crippen molar-refractivity contribution in [2.75, 3.05) is 11.9 Å². The second-order valence-corrected chi connectivity index (χ2v) is 5.42. The van der Waals surface area contributed by atoms with E-state index >= 15 is 0 Å². The van der Waals surface area contributed by atoms with E-state index in [0.717, 1.165) is 22.5 Å². The van der Waals surface area contributed by atoms with Gasteiger partial charge >= 0.3 is 0 Å². The summed E-state index contributed by atoms with van der Waals surface area (Å²) in [7, 11) is 4.05. The van der Waals surface area contributed by atoms with Crippen LogP contribution in [0.5, 0.6) is 0 Å². The molecular formula is C18H16N4. The summed E-state index contributed by atoms with van der Waals surface area (Å²) < 4.78 is 2.01. The highest BCUT2D eigenvalue weighted by molar-refractivity contribution is 5.98. The van der Waals surface area contributed by atoms with Crippen LogP contribution in [0, 0.1) is 0 Å². The van der Waals surface area contributed by atoms with Crippen LogP contribution in [0.1, 0.15) is 0 Å². The van der Waals surface area contributed by atoms with Crippen molar-refractivity contribution in [3.63, 3.8) is 0 Å². The molecule has 108 valence electrons. The summed E-state index contributed by atoms with van der Waals surface area (Å²) in [5.41, 5.74) is 3.14. The molecule has 2 heterocycles. The molecule has 22 heavy (non-hydrogen) atoms. The zero-order valence-electron chi connectivity index (χ0n) is 12.6. The Bertz CT molecular complexity index is 966. The Morgan fingerprint density at radius 1 is 0.955 bits per heavy atom. The van der Waals surface area contributed by atoms with E-state index in [9.17, 15) is 0 Å². The molecule has 0 saturated heterocycles. The number of fused-ring (bicyclic) bond motifs is 2. The molecule has 0 atom stereocenters. The number of hydrogen-bond donors (Lipinski definition) is 0. The summed E-state index contributed by atoms with van der Waals surface area (Å²) in [6.45, 7) is 0. The predicted octanol–water partition coefficient (Wildman–Crippen LogP) is 3.89. The van der Waals surface area contributed by atoms with E-state index in [2.05, 4.69) is 64.4 Å². The number of aromatic nitrogens is 3. The summed E-state index contributed by atoms with van der Waals surface area (Å²) in [6.07, 6.45) is 3.64. The molecule has 4 nitrogen and oxygen atoms in total. The Morgan fingerprint density at radius 3 is 2.68 bits per heavy atom. The Morgan fingerprint density at radius 2 is 1.77 bits per heavy atom. The van der Waals surface area contributed by atoms with Gasteiger partial charge in [0, 0.05) is 31.4 Å². The molecule has 0 aliphatic rings. The smallest absolute Gasteiger partial charge is 0.159 e. The van der Waals surface area contributed by atoms with Crippen molar-refractivity contribution >= 4 is 33.3 Å². The molecule has 0 fully saturated rings. The van der Waals surface area contributed by atoms with Crippen molar-refractivity contribution in [1.82, 2.24) is 14.5 Å². The van der Waals surface area contributed by atoms with Gasteiger partial charge in [0.25, 0.3) is 0 Å². The van der Waals surface area contributed by atoms with Gasteiger partial charge in [-0.25, -0.2) is 9.97 Å². The fourth-order valence-corrected chi connectivity index (χ4v) is 2.94. The number of anilines is 2. The number of rotatable bonds is 2. The summed E-state index contributed by atoms with van der Waals surface area (Å²) in [6, 6.07) is 16.7. The second kappa shape index (κ2) is 4.84. The van der Waals surface area contributed by atoms with Crippen LogP contribution in [0.15, 0.2) is 61.1 Å². The van der Waals surface area contributed by atoms with Crippen molar-refractivity contribution in [1.29, 1.82) is 0 Å². The van der Waals surface area contributed by atoms with E-state index in [1.807, 2.05) is 30.2 Å². The summed E-state index contributed by atoms with van der Waals surface area (Å²) in [5, 5.41) is 2.44. The van der Waals surface area contributed by atoms with E-state index in [4.69, 9.17) is 0 Å². The molecule has 0 bridgehead atoms. The predicted molar refractivity (Wildman–Crippen MR) is 90.5 cm³/mol. The standard InChI is InChI=1S/C18H16N4/c1-21-12-20-15-10-11-19-18(17(15)21)22(2)16-9-5-7-13-6-3-4-8-14(13)16/h3-12H,1-2H3. The van der Waals surface area contributed by atoms with Gasteiger partial charge in [-0.05, 0) is 17.5 Å². The largest absolute Gasteiger partial charge is 0.331 e.